The predicted octanol–water partition coefficient (Wildman–Crippen LogP) is 3.64. The van der Waals surface area contributed by atoms with Crippen molar-refractivity contribution in [2.45, 2.75) is 20.3 Å². The maximum Gasteiger partial charge on any atom is 0.163 e. The van der Waals surface area contributed by atoms with Crippen LogP contribution in [0.5, 0.6) is 0 Å². The zero-order chi connectivity index (χ0) is 14.7. The maximum atomic E-state index is 4.65. The first kappa shape index (κ1) is 13.9. The third-order valence-corrected chi connectivity index (χ3v) is 3.94. The van der Waals surface area contributed by atoms with Gasteiger partial charge < -0.3 is 10.6 Å². The lowest BCUT2D eigenvalue weighted by Crippen LogP contribution is -2.09. The first-order valence-electron chi connectivity index (χ1n) is 7.68. The third kappa shape index (κ3) is 3.51. The van der Waals surface area contributed by atoms with Gasteiger partial charge in [0, 0.05) is 24.7 Å². The lowest BCUT2D eigenvalue weighted by atomic mass is 10.2. The average Bonchev–Trinajstić information content (AvgIpc) is 3.22. The second-order valence-electron chi connectivity index (χ2n) is 5.71. The zero-order valence-corrected chi connectivity index (χ0v) is 12.6. The van der Waals surface area contributed by atoms with E-state index in [1.807, 2.05) is 36.4 Å². The van der Waals surface area contributed by atoms with Crippen molar-refractivity contribution in [2.24, 2.45) is 11.8 Å². The molecule has 2 unspecified atom stereocenters. The molecule has 1 aliphatic carbocycles. The molecule has 1 aromatic carbocycles. The van der Waals surface area contributed by atoms with Crippen LogP contribution in [0.1, 0.15) is 20.3 Å². The van der Waals surface area contributed by atoms with E-state index in [1.165, 1.54) is 6.42 Å². The number of nitrogens with one attached hydrogen (secondary N) is 2. The van der Waals surface area contributed by atoms with Gasteiger partial charge in [-0.2, -0.15) is 0 Å². The number of hydrogen-bond acceptors (Lipinski definition) is 4. The molecule has 2 aromatic rings. The Morgan fingerprint density at radius 2 is 1.76 bits per heavy atom. The van der Waals surface area contributed by atoms with Gasteiger partial charge in [-0.1, -0.05) is 37.3 Å². The molecule has 1 fully saturated rings. The molecule has 4 heteroatoms. The number of anilines is 2. The van der Waals surface area contributed by atoms with Gasteiger partial charge >= 0.3 is 0 Å². The Morgan fingerprint density at radius 1 is 1.10 bits per heavy atom. The van der Waals surface area contributed by atoms with E-state index in [0.717, 1.165) is 47.9 Å². The number of benzene rings is 1. The molecule has 0 aliphatic heterocycles. The normalized spacial score (nSPS) is 20.1. The standard InChI is InChI=1S/C17H22N4/c1-3-18-15-10-16(19-11-14-9-12(14)2)21-17(20-15)13-7-5-4-6-8-13/h4-8,10,12,14H,3,9,11H2,1-2H3,(H2,18,19,20,21). The summed E-state index contributed by atoms with van der Waals surface area (Å²) in [4.78, 5) is 9.24. The molecule has 0 saturated heterocycles. The summed E-state index contributed by atoms with van der Waals surface area (Å²) in [5.74, 6) is 4.18. The summed E-state index contributed by atoms with van der Waals surface area (Å²) in [6, 6.07) is 12.1. The fourth-order valence-electron chi connectivity index (χ4n) is 2.44. The Morgan fingerprint density at radius 3 is 2.38 bits per heavy atom. The van der Waals surface area contributed by atoms with Crippen LogP contribution in [0.2, 0.25) is 0 Å². The summed E-state index contributed by atoms with van der Waals surface area (Å²) in [6.45, 7) is 6.22. The summed E-state index contributed by atoms with van der Waals surface area (Å²) in [6.07, 6.45) is 1.32. The molecule has 110 valence electrons. The number of hydrogen-bond donors (Lipinski definition) is 2. The Bertz CT molecular complexity index is 597. The first-order valence-corrected chi connectivity index (χ1v) is 7.68. The number of nitrogens with zero attached hydrogens (tertiary/aromatic N) is 2. The van der Waals surface area contributed by atoms with Gasteiger partial charge in [0.05, 0.1) is 0 Å². The highest BCUT2D eigenvalue weighted by atomic mass is 15.1. The van der Waals surface area contributed by atoms with Gasteiger partial charge in [0.25, 0.3) is 0 Å². The van der Waals surface area contributed by atoms with Crippen molar-refractivity contribution in [3.63, 3.8) is 0 Å². The lowest BCUT2D eigenvalue weighted by Gasteiger charge is -2.10. The number of rotatable bonds is 6. The van der Waals surface area contributed by atoms with Crippen LogP contribution in [0.15, 0.2) is 36.4 Å². The monoisotopic (exact) mass is 282 g/mol. The van der Waals surface area contributed by atoms with E-state index in [2.05, 4.69) is 34.4 Å². The van der Waals surface area contributed by atoms with Crippen molar-refractivity contribution in [1.29, 1.82) is 0 Å². The van der Waals surface area contributed by atoms with Crippen molar-refractivity contribution in [1.82, 2.24) is 9.97 Å². The molecule has 0 bridgehead atoms. The summed E-state index contributed by atoms with van der Waals surface area (Å²) in [7, 11) is 0. The van der Waals surface area contributed by atoms with Crippen LogP contribution < -0.4 is 10.6 Å². The Labute approximate surface area is 126 Å². The van der Waals surface area contributed by atoms with Gasteiger partial charge in [0.2, 0.25) is 0 Å². The quantitative estimate of drug-likeness (QED) is 0.849. The molecule has 1 aromatic heterocycles. The van der Waals surface area contributed by atoms with Crippen LogP contribution in [0.3, 0.4) is 0 Å². The highest BCUT2D eigenvalue weighted by Crippen LogP contribution is 2.37. The molecule has 0 spiro atoms. The minimum atomic E-state index is 0.764. The third-order valence-electron chi connectivity index (χ3n) is 3.94. The molecule has 2 atom stereocenters. The molecule has 1 aliphatic rings. The molecule has 0 radical (unpaired) electrons. The van der Waals surface area contributed by atoms with Gasteiger partial charge in [0.1, 0.15) is 11.6 Å². The minimum Gasteiger partial charge on any atom is -0.370 e. The SMILES string of the molecule is CCNc1cc(NCC2CC2C)nc(-c2ccccc2)n1. The summed E-state index contributed by atoms with van der Waals surface area (Å²) < 4.78 is 0. The van der Waals surface area contributed by atoms with Crippen molar-refractivity contribution in [3.8, 4) is 11.4 Å². The molecule has 1 heterocycles. The maximum absolute atomic E-state index is 4.65. The first-order chi connectivity index (χ1) is 10.3. The molecule has 2 N–H and O–H groups in total. The second kappa shape index (κ2) is 6.12. The smallest absolute Gasteiger partial charge is 0.163 e. The molecule has 3 rings (SSSR count). The van der Waals surface area contributed by atoms with E-state index >= 15 is 0 Å². The summed E-state index contributed by atoms with van der Waals surface area (Å²) >= 11 is 0. The average molecular weight is 282 g/mol. The van der Waals surface area contributed by atoms with Gasteiger partial charge in [-0.05, 0) is 25.2 Å². The lowest BCUT2D eigenvalue weighted by molar-refractivity contribution is 0.784. The fraction of sp³-hybridized carbons (Fsp3) is 0.412. The Hall–Kier alpha value is -2.10. The van der Waals surface area contributed by atoms with E-state index in [-0.39, 0.29) is 0 Å². The van der Waals surface area contributed by atoms with E-state index in [9.17, 15) is 0 Å². The van der Waals surface area contributed by atoms with Gasteiger partial charge in [-0.15, -0.1) is 0 Å². The second-order valence-corrected chi connectivity index (χ2v) is 5.71. The Kier molecular flexibility index (Phi) is 4.04. The van der Waals surface area contributed by atoms with Crippen molar-refractivity contribution in [3.05, 3.63) is 36.4 Å². The topological polar surface area (TPSA) is 49.8 Å². The van der Waals surface area contributed by atoms with E-state index in [0.29, 0.717) is 0 Å². The van der Waals surface area contributed by atoms with Crippen LogP contribution in [-0.2, 0) is 0 Å². The van der Waals surface area contributed by atoms with Crippen molar-refractivity contribution in [2.75, 3.05) is 23.7 Å². The highest BCUT2D eigenvalue weighted by Gasteiger charge is 2.31. The van der Waals surface area contributed by atoms with Crippen molar-refractivity contribution < 1.29 is 0 Å². The predicted molar refractivity (Wildman–Crippen MR) is 87.4 cm³/mol. The summed E-state index contributed by atoms with van der Waals surface area (Å²) in [5.41, 5.74) is 1.04. The molecule has 4 nitrogen and oxygen atoms in total. The van der Waals surface area contributed by atoms with Crippen molar-refractivity contribution >= 4 is 11.6 Å². The molecule has 0 amide bonds. The zero-order valence-electron chi connectivity index (χ0n) is 12.6. The largest absolute Gasteiger partial charge is 0.370 e. The molecule has 1 saturated carbocycles. The van der Waals surface area contributed by atoms with Crippen LogP contribution in [0, 0.1) is 11.8 Å². The van der Waals surface area contributed by atoms with Crippen LogP contribution in [0.4, 0.5) is 11.6 Å². The van der Waals surface area contributed by atoms with Gasteiger partial charge in [0.15, 0.2) is 5.82 Å². The highest BCUT2D eigenvalue weighted by molar-refractivity contribution is 5.61. The fourth-order valence-corrected chi connectivity index (χ4v) is 2.44. The van der Waals surface area contributed by atoms with Crippen LogP contribution in [0.25, 0.3) is 11.4 Å². The van der Waals surface area contributed by atoms with Crippen LogP contribution >= 0.6 is 0 Å². The summed E-state index contributed by atoms with van der Waals surface area (Å²) in [5, 5.41) is 6.73. The molecule has 21 heavy (non-hydrogen) atoms. The van der Waals surface area contributed by atoms with E-state index in [1.54, 1.807) is 0 Å². The minimum absolute atomic E-state index is 0.764. The molecular formula is C17H22N4. The van der Waals surface area contributed by atoms with Gasteiger partial charge in [-0.25, -0.2) is 9.97 Å². The van der Waals surface area contributed by atoms with Gasteiger partial charge in [-0.3, -0.25) is 0 Å². The van der Waals surface area contributed by atoms with Crippen LogP contribution in [-0.4, -0.2) is 23.1 Å². The Balaban J connectivity index is 1.83. The molecular weight excluding hydrogens is 260 g/mol. The van der Waals surface area contributed by atoms with E-state index < -0.39 is 0 Å². The van der Waals surface area contributed by atoms with E-state index in [4.69, 9.17) is 0 Å². The number of aromatic nitrogens is 2.